The summed E-state index contributed by atoms with van der Waals surface area (Å²) >= 11 is 0. The first-order valence-electron chi connectivity index (χ1n) is 11.7. The summed E-state index contributed by atoms with van der Waals surface area (Å²) in [5.41, 5.74) is 3.89. The van der Waals surface area contributed by atoms with E-state index in [-0.39, 0.29) is 11.2 Å². The van der Waals surface area contributed by atoms with Gasteiger partial charge in [-0.2, -0.15) is 5.21 Å². The van der Waals surface area contributed by atoms with Crippen LogP contribution in [0.3, 0.4) is 0 Å². The summed E-state index contributed by atoms with van der Waals surface area (Å²) in [5.74, 6) is 0.884. The van der Waals surface area contributed by atoms with Crippen LogP contribution in [0.1, 0.15) is 45.4 Å². The van der Waals surface area contributed by atoms with E-state index in [2.05, 4.69) is 48.1 Å². The van der Waals surface area contributed by atoms with Crippen LogP contribution in [0.25, 0.3) is 28.5 Å². The molecule has 5 rings (SSSR count). The zero-order chi connectivity index (χ0) is 25.3. The van der Waals surface area contributed by atoms with Gasteiger partial charge in [0.1, 0.15) is 0 Å². The minimum absolute atomic E-state index is 0.208. The van der Waals surface area contributed by atoms with Gasteiger partial charge in [-0.05, 0) is 65.6 Å². The van der Waals surface area contributed by atoms with Crippen molar-refractivity contribution < 1.29 is 0 Å². The molecule has 0 atom stereocenters. The summed E-state index contributed by atoms with van der Waals surface area (Å²) in [7, 11) is 0. The second kappa shape index (κ2) is 9.29. The van der Waals surface area contributed by atoms with E-state index < -0.39 is 0 Å². The number of imidazole rings is 1. The molecule has 4 heterocycles. The number of tetrazole rings is 2. The van der Waals surface area contributed by atoms with Gasteiger partial charge < -0.3 is 0 Å². The van der Waals surface area contributed by atoms with Gasteiger partial charge >= 0.3 is 5.69 Å². The maximum Gasteiger partial charge on any atom is 0.335 e. The van der Waals surface area contributed by atoms with Crippen LogP contribution in [0.2, 0.25) is 0 Å². The first-order chi connectivity index (χ1) is 17.4. The fourth-order valence-corrected chi connectivity index (χ4v) is 4.24. The first kappa shape index (κ1) is 23.3. The van der Waals surface area contributed by atoms with Crippen molar-refractivity contribution in [2.45, 2.75) is 52.6 Å². The number of hydrogen-bond acceptors (Lipinski definition) is 8. The lowest BCUT2D eigenvalue weighted by atomic mass is 9.96. The van der Waals surface area contributed by atoms with Crippen LogP contribution in [-0.4, -0.2) is 54.9 Å². The molecular weight excluding hydrogens is 458 g/mol. The fraction of sp³-hybridized carbons (Fsp3) is 0.333. The van der Waals surface area contributed by atoms with Crippen molar-refractivity contribution in [1.82, 2.24) is 54.9 Å². The Morgan fingerprint density at radius 1 is 1.03 bits per heavy atom. The predicted octanol–water partition coefficient (Wildman–Crippen LogP) is 2.62. The molecule has 0 aliphatic carbocycles. The van der Waals surface area contributed by atoms with Crippen LogP contribution in [0, 0.1) is 0 Å². The Labute approximate surface area is 207 Å². The molecule has 184 valence electrons. The highest BCUT2D eigenvalue weighted by Gasteiger charge is 2.24. The summed E-state index contributed by atoms with van der Waals surface area (Å²) < 4.78 is 4.95. The maximum atomic E-state index is 13.7. The van der Waals surface area contributed by atoms with Gasteiger partial charge in [0.05, 0.1) is 12.1 Å². The number of benzene rings is 1. The number of hydrogen-bond donors (Lipinski definition) is 1. The molecular formula is C24H27N11O. The number of aromatic nitrogens is 11. The van der Waals surface area contributed by atoms with Crippen molar-refractivity contribution in [2.24, 2.45) is 0 Å². The first-order valence-corrected chi connectivity index (χ1v) is 11.7. The Kier molecular flexibility index (Phi) is 6.00. The largest absolute Gasteiger partial charge is 0.335 e. The van der Waals surface area contributed by atoms with Crippen molar-refractivity contribution in [3.63, 3.8) is 0 Å². The molecule has 0 bridgehead atoms. The number of rotatable bonds is 7. The third-order valence-electron chi connectivity index (χ3n) is 5.91. The molecule has 1 N–H and O–H groups in total. The molecule has 0 amide bonds. The van der Waals surface area contributed by atoms with Crippen LogP contribution in [0.5, 0.6) is 0 Å². The Morgan fingerprint density at radius 2 is 1.83 bits per heavy atom. The smallest absolute Gasteiger partial charge is 0.291 e. The SMILES string of the molecule is CCCc1cn(-c2nnnn2C(C)(C)C)c(=O)n1Cc1cnccc1-c1ccccc1-c1nn[nH]n1. The van der Waals surface area contributed by atoms with Gasteiger partial charge in [0, 0.05) is 29.8 Å². The molecule has 0 saturated carbocycles. The van der Waals surface area contributed by atoms with Gasteiger partial charge in [0.25, 0.3) is 5.95 Å². The van der Waals surface area contributed by atoms with Crippen LogP contribution in [0.4, 0.5) is 0 Å². The minimum Gasteiger partial charge on any atom is -0.291 e. The molecule has 12 nitrogen and oxygen atoms in total. The number of nitrogens with zero attached hydrogens (tertiary/aromatic N) is 10. The predicted molar refractivity (Wildman–Crippen MR) is 132 cm³/mol. The molecule has 0 radical (unpaired) electrons. The van der Waals surface area contributed by atoms with Crippen molar-refractivity contribution in [3.8, 4) is 28.5 Å². The van der Waals surface area contributed by atoms with E-state index in [0.717, 1.165) is 40.8 Å². The van der Waals surface area contributed by atoms with Crippen LogP contribution >= 0.6 is 0 Å². The summed E-state index contributed by atoms with van der Waals surface area (Å²) in [6.45, 7) is 8.39. The quantitative estimate of drug-likeness (QED) is 0.371. The Bertz CT molecular complexity index is 1540. The van der Waals surface area contributed by atoms with Crippen LogP contribution in [0.15, 0.2) is 53.7 Å². The van der Waals surface area contributed by atoms with E-state index in [1.807, 2.05) is 57.3 Å². The Hall–Kier alpha value is -4.48. The van der Waals surface area contributed by atoms with Gasteiger partial charge in [0.2, 0.25) is 5.82 Å². The van der Waals surface area contributed by atoms with Gasteiger partial charge in [0.15, 0.2) is 0 Å². The number of H-pyrrole nitrogens is 1. The van der Waals surface area contributed by atoms with E-state index in [1.165, 1.54) is 4.57 Å². The molecule has 12 heteroatoms. The van der Waals surface area contributed by atoms with Gasteiger partial charge in [-0.1, -0.05) is 42.7 Å². The lowest BCUT2D eigenvalue weighted by Gasteiger charge is -2.19. The van der Waals surface area contributed by atoms with Gasteiger partial charge in [-0.15, -0.1) is 10.2 Å². The normalized spacial score (nSPS) is 11.8. The number of aryl methyl sites for hydroxylation is 1. The molecule has 1 aromatic carbocycles. The van der Waals surface area contributed by atoms with Gasteiger partial charge in [-0.3, -0.25) is 9.55 Å². The topological polar surface area (TPSA) is 138 Å². The molecule has 36 heavy (non-hydrogen) atoms. The number of nitrogens with one attached hydrogen (secondary N) is 1. The molecule has 0 spiro atoms. The molecule has 5 aromatic rings. The number of pyridine rings is 1. The highest BCUT2D eigenvalue weighted by atomic mass is 16.2. The average Bonchev–Trinajstić information content (AvgIpc) is 3.62. The van der Waals surface area contributed by atoms with Crippen molar-refractivity contribution in [3.05, 3.63) is 70.7 Å². The molecule has 4 aromatic heterocycles. The van der Waals surface area contributed by atoms with Crippen LogP contribution in [-0.2, 0) is 18.5 Å². The van der Waals surface area contributed by atoms with Crippen LogP contribution < -0.4 is 5.69 Å². The monoisotopic (exact) mass is 485 g/mol. The van der Waals surface area contributed by atoms with E-state index >= 15 is 0 Å². The molecule has 0 fully saturated rings. The lowest BCUT2D eigenvalue weighted by molar-refractivity contribution is 0.342. The summed E-state index contributed by atoms with van der Waals surface area (Å²) in [6.07, 6.45) is 6.98. The number of aromatic amines is 1. The van der Waals surface area contributed by atoms with E-state index in [4.69, 9.17) is 0 Å². The van der Waals surface area contributed by atoms with E-state index in [1.54, 1.807) is 21.6 Å². The van der Waals surface area contributed by atoms with Crippen molar-refractivity contribution >= 4 is 0 Å². The molecule has 0 unspecified atom stereocenters. The zero-order valence-electron chi connectivity index (χ0n) is 20.6. The fourth-order valence-electron chi connectivity index (χ4n) is 4.24. The molecule has 0 aliphatic rings. The summed E-state index contributed by atoms with van der Waals surface area (Å²) in [6, 6.07) is 9.78. The van der Waals surface area contributed by atoms with Crippen molar-refractivity contribution in [1.29, 1.82) is 0 Å². The third kappa shape index (κ3) is 4.21. The zero-order valence-corrected chi connectivity index (χ0v) is 20.6. The standard InChI is InChI=1S/C24H27N11O/c1-5-8-17-15-34(22-28-31-32-35(22)24(2,3)4)23(36)33(17)14-16-13-25-12-11-18(16)19-9-6-7-10-20(19)21-26-29-30-27-21/h6-7,9-13,15H,5,8,14H2,1-4H3,(H,26,27,29,30). The second-order valence-electron chi connectivity index (χ2n) is 9.48. The minimum atomic E-state index is -0.388. The van der Waals surface area contributed by atoms with E-state index in [0.29, 0.717) is 18.3 Å². The molecule has 0 saturated heterocycles. The van der Waals surface area contributed by atoms with E-state index in [9.17, 15) is 4.79 Å². The Morgan fingerprint density at radius 3 is 2.56 bits per heavy atom. The Balaban J connectivity index is 1.62. The average molecular weight is 486 g/mol. The third-order valence-corrected chi connectivity index (χ3v) is 5.91. The highest BCUT2D eigenvalue weighted by Crippen LogP contribution is 2.32. The summed E-state index contributed by atoms with van der Waals surface area (Å²) in [5, 5.41) is 26.6. The second-order valence-corrected chi connectivity index (χ2v) is 9.48. The highest BCUT2D eigenvalue weighted by molar-refractivity contribution is 5.81. The van der Waals surface area contributed by atoms with Crippen molar-refractivity contribution in [2.75, 3.05) is 0 Å². The lowest BCUT2D eigenvalue weighted by Crippen LogP contribution is -2.31. The van der Waals surface area contributed by atoms with Gasteiger partial charge in [-0.25, -0.2) is 14.0 Å². The molecule has 0 aliphatic heterocycles. The summed E-state index contributed by atoms with van der Waals surface area (Å²) in [4.78, 5) is 18.1. The maximum absolute atomic E-state index is 13.7.